The van der Waals surface area contributed by atoms with Gasteiger partial charge in [-0.3, -0.25) is 15.0 Å². The second-order valence-electron chi connectivity index (χ2n) is 11.5. The van der Waals surface area contributed by atoms with Crippen molar-refractivity contribution in [2.45, 2.75) is 45.7 Å². The molecule has 0 aliphatic carbocycles. The largest absolute Gasteiger partial charge is 0.424 e. The van der Waals surface area contributed by atoms with Crippen LogP contribution in [-0.2, 0) is 17.4 Å². The van der Waals surface area contributed by atoms with E-state index in [0.717, 1.165) is 35.4 Å². The molecule has 48 heavy (non-hydrogen) atoms. The number of nitrogens with zero attached hydrogens (tertiary/aromatic N) is 6. The van der Waals surface area contributed by atoms with Crippen LogP contribution in [0.4, 0.5) is 34.6 Å². The smallest absolute Gasteiger partial charge is 0.416 e. The third-order valence-corrected chi connectivity index (χ3v) is 8.41. The van der Waals surface area contributed by atoms with Crippen LogP contribution in [0, 0.1) is 5.92 Å². The molecular weight excluding hydrogens is 645 g/mol. The molecule has 0 atom stereocenters. The highest BCUT2D eigenvalue weighted by molar-refractivity contribution is 7.19. The van der Waals surface area contributed by atoms with E-state index in [1.54, 1.807) is 29.3 Å². The molecule has 2 aromatic carbocycles. The van der Waals surface area contributed by atoms with Gasteiger partial charge in [0.15, 0.2) is 5.13 Å². The molecule has 0 radical (unpaired) electrons. The number of hydrogen-bond acceptors (Lipinski definition) is 8. The van der Waals surface area contributed by atoms with Crippen LogP contribution in [0.25, 0.3) is 16.1 Å². The van der Waals surface area contributed by atoms with E-state index < -0.39 is 17.8 Å². The fraction of sp³-hybridized carbons (Fsp3) is 0.273. The SMILES string of the molecule is CC(C)Cc1cc(NC(=O)Nc2cnc(Oc3ccc(-c4cnc(N5CCCCC5=O)s4)cc3)nc2)n(-c2ccc(C(F)(F)F)cc2)n1. The standard InChI is InChI=1S/C33H31F3N8O3S/c1-20(2)15-23-16-28(44(42-23)25-10-8-22(9-11-25)33(34,35)36)41-30(46)40-24-17-37-31(38-18-24)47-26-12-6-21(7-13-26)27-19-39-32(48-27)43-14-4-3-5-29(43)45/h6-13,16-20H,3-5,14-15H2,1-2H3,(H2,40,41,46). The van der Waals surface area contributed by atoms with Crippen molar-refractivity contribution in [3.63, 3.8) is 0 Å². The Balaban J connectivity index is 1.07. The van der Waals surface area contributed by atoms with Gasteiger partial charge in [0.05, 0.1) is 39.9 Å². The molecule has 6 rings (SSSR count). The van der Waals surface area contributed by atoms with Crippen LogP contribution < -0.4 is 20.3 Å². The van der Waals surface area contributed by atoms with Gasteiger partial charge in [-0.2, -0.15) is 18.3 Å². The van der Waals surface area contributed by atoms with Crippen LogP contribution in [0.3, 0.4) is 0 Å². The van der Waals surface area contributed by atoms with E-state index in [1.165, 1.54) is 40.5 Å². The van der Waals surface area contributed by atoms with Gasteiger partial charge in [-0.25, -0.2) is 24.4 Å². The van der Waals surface area contributed by atoms with Crippen LogP contribution in [0.15, 0.2) is 73.2 Å². The lowest BCUT2D eigenvalue weighted by Gasteiger charge is -2.23. The number of rotatable bonds is 9. The summed E-state index contributed by atoms with van der Waals surface area (Å²) in [5.74, 6) is 1.15. The van der Waals surface area contributed by atoms with Gasteiger partial charge >= 0.3 is 18.2 Å². The Morgan fingerprint density at radius 2 is 1.71 bits per heavy atom. The quantitative estimate of drug-likeness (QED) is 0.162. The Labute approximate surface area is 277 Å². The molecule has 0 saturated carbocycles. The van der Waals surface area contributed by atoms with E-state index in [4.69, 9.17) is 4.74 Å². The van der Waals surface area contributed by atoms with Crippen LogP contribution in [0.1, 0.15) is 44.4 Å². The van der Waals surface area contributed by atoms with E-state index in [9.17, 15) is 22.8 Å². The average Bonchev–Trinajstić information content (AvgIpc) is 3.69. The number of aromatic nitrogens is 5. The molecular formula is C33H31F3N8O3S. The minimum Gasteiger partial charge on any atom is -0.424 e. The maximum Gasteiger partial charge on any atom is 0.416 e. The number of ether oxygens (including phenoxy) is 1. The summed E-state index contributed by atoms with van der Waals surface area (Å²) < 4.78 is 46.4. The first-order chi connectivity index (χ1) is 23.0. The number of nitrogens with one attached hydrogen (secondary N) is 2. The van der Waals surface area contributed by atoms with E-state index in [-0.39, 0.29) is 29.3 Å². The van der Waals surface area contributed by atoms with Crippen LogP contribution in [-0.4, -0.2) is 43.2 Å². The Morgan fingerprint density at radius 1 is 0.979 bits per heavy atom. The third-order valence-electron chi connectivity index (χ3n) is 7.34. The summed E-state index contributed by atoms with van der Waals surface area (Å²) in [7, 11) is 0. The van der Waals surface area contributed by atoms with Gasteiger partial charge in [0.25, 0.3) is 0 Å². The molecule has 3 amide bonds. The molecule has 3 aromatic heterocycles. The average molecular weight is 677 g/mol. The molecule has 0 bridgehead atoms. The Morgan fingerprint density at radius 3 is 2.38 bits per heavy atom. The molecule has 1 saturated heterocycles. The van der Waals surface area contributed by atoms with Crippen molar-refractivity contribution in [1.82, 2.24) is 24.7 Å². The van der Waals surface area contributed by atoms with E-state index >= 15 is 0 Å². The van der Waals surface area contributed by atoms with Gasteiger partial charge < -0.3 is 10.1 Å². The van der Waals surface area contributed by atoms with Gasteiger partial charge in [-0.15, -0.1) is 0 Å². The van der Waals surface area contributed by atoms with Crippen molar-refractivity contribution in [2.24, 2.45) is 5.92 Å². The maximum atomic E-state index is 13.1. The van der Waals surface area contributed by atoms with E-state index in [2.05, 4.69) is 30.7 Å². The number of urea groups is 1. The summed E-state index contributed by atoms with van der Waals surface area (Å²) >= 11 is 1.46. The number of alkyl halides is 3. The molecule has 248 valence electrons. The summed E-state index contributed by atoms with van der Waals surface area (Å²) in [6.07, 6.45) is 3.10. The van der Waals surface area contributed by atoms with Gasteiger partial charge in [0.2, 0.25) is 5.91 Å². The molecule has 0 unspecified atom stereocenters. The molecule has 1 aliphatic heterocycles. The normalized spacial score (nSPS) is 13.5. The van der Waals surface area contributed by atoms with Crippen molar-refractivity contribution >= 4 is 39.9 Å². The van der Waals surface area contributed by atoms with Gasteiger partial charge in [-0.1, -0.05) is 25.2 Å². The van der Waals surface area contributed by atoms with Crippen LogP contribution >= 0.6 is 11.3 Å². The lowest BCUT2D eigenvalue weighted by molar-refractivity contribution is -0.137. The molecule has 11 nitrogen and oxygen atoms in total. The first-order valence-corrected chi connectivity index (χ1v) is 16.0. The van der Waals surface area contributed by atoms with Crippen molar-refractivity contribution in [3.05, 3.63) is 84.4 Å². The maximum absolute atomic E-state index is 13.1. The first-order valence-electron chi connectivity index (χ1n) is 15.2. The molecule has 1 aliphatic rings. The van der Waals surface area contributed by atoms with Gasteiger partial charge in [-0.05, 0) is 79.3 Å². The number of carbonyl (C=O) groups excluding carboxylic acids is 2. The van der Waals surface area contributed by atoms with Gasteiger partial charge in [0.1, 0.15) is 11.6 Å². The lowest BCUT2D eigenvalue weighted by Crippen LogP contribution is -2.34. The summed E-state index contributed by atoms with van der Waals surface area (Å²) in [5.41, 5.74) is 1.46. The summed E-state index contributed by atoms with van der Waals surface area (Å²) in [6, 6.07) is 13.0. The summed E-state index contributed by atoms with van der Waals surface area (Å²) in [5, 5.41) is 10.6. The lowest BCUT2D eigenvalue weighted by atomic mass is 10.1. The highest BCUT2D eigenvalue weighted by atomic mass is 32.1. The number of piperidine rings is 1. The number of amides is 3. The minimum absolute atomic E-state index is 0.0658. The number of halogens is 3. The highest BCUT2D eigenvalue weighted by Crippen LogP contribution is 2.34. The molecule has 1 fully saturated rings. The van der Waals surface area contributed by atoms with Crippen molar-refractivity contribution in [2.75, 3.05) is 22.1 Å². The number of hydrogen-bond donors (Lipinski definition) is 2. The number of benzene rings is 2. The second-order valence-corrected chi connectivity index (χ2v) is 12.6. The Kier molecular flexibility index (Phi) is 9.39. The zero-order valence-electron chi connectivity index (χ0n) is 26.0. The van der Waals surface area contributed by atoms with Gasteiger partial charge in [0, 0.05) is 25.2 Å². The predicted octanol–water partition coefficient (Wildman–Crippen LogP) is 7.96. The predicted molar refractivity (Wildman–Crippen MR) is 176 cm³/mol. The molecule has 5 aromatic rings. The minimum atomic E-state index is -4.47. The number of anilines is 3. The summed E-state index contributed by atoms with van der Waals surface area (Å²) in [6.45, 7) is 4.71. The van der Waals surface area contributed by atoms with E-state index in [0.29, 0.717) is 41.6 Å². The Hall–Kier alpha value is -5.31. The third kappa shape index (κ3) is 7.79. The second kappa shape index (κ2) is 13.8. The molecule has 2 N–H and O–H groups in total. The Bertz CT molecular complexity index is 1890. The van der Waals surface area contributed by atoms with Crippen molar-refractivity contribution < 1.29 is 27.5 Å². The molecule has 15 heteroatoms. The fourth-order valence-electron chi connectivity index (χ4n) is 5.06. The van der Waals surface area contributed by atoms with Crippen LogP contribution in [0.5, 0.6) is 11.8 Å². The topological polar surface area (TPSA) is 127 Å². The zero-order chi connectivity index (χ0) is 33.8. The summed E-state index contributed by atoms with van der Waals surface area (Å²) in [4.78, 5) is 40.6. The molecule has 4 heterocycles. The molecule has 0 spiro atoms. The monoisotopic (exact) mass is 676 g/mol. The van der Waals surface area contributed by atoms with Crippen molar-refractivity contribution in [3.8, 4) is 27.9 Å². The highest BCUT2D eigenvalue weighted by Gasteiger charge is 2.30. The first kappa shape index (κ1) is 32.6. The fourth-order valence-corrected chi connectivity index (χ4v) is 6.03. The number of thiazole rings is 1. The van der Waals surface area contributed by atoms with Crippen LogP contribution in [0.2, 0.25) is 0 Å². The zero-order valence-corrected chi connectivity index (χ0v) is 26.8. The van der Waals surface area contributed by atoms with E-state index in [1.807, 2.05) is 26.0 Å². The number of carbonyl (C=O) groups is 2. The van der Waals surface area contributed by atoms with Crippen molar-refractivity contribution in [1.29, 1.82) is 0 Å².